The van der Waals surface area contributed by atoms with Crippen molar-refractivity contribution in [3.63, 3.8) is 0 Å². The molecule has 0 bridgehead atoms. The van der Waals surface area contributed by atoms with Gasteiger partial charge in [-0.1, -0.05) is 29.0 Å². The highest BCUT2D eigenvalue weighted by Gasteiger charge is 2.33. The van der Waals surface area contributed by atoms with E-state index < -0.39 is 15.9 Å². The molecule has 1 saturated heterocycles. The zero-order chi connectivity index (χ0) is 22.2. The first-order chi connectivity index (χ1) is 14.8. The van der Waals surface area contributed by atoms with Gasteiger partial charge in [-0.3, -0.25) is 4.79 Å². The standard InChI is InChI=1S/C22H24ClN3O3S2/c1-3-26-19-11-6-15(2)13-20(19)30-22(26)24-21(27)16-5-4-12-25(14-16)31(28,29)18-9-7-17(23)8-10-18/h6-11,13,16H,3-5,12,14H2,1-2H3. The Kier molecular flexibility index (Phi) is 6.35. The number of nitrogens with zero attached hydrogens (tertiary/aromatic N) is 3. The number of fused-ring (bicyclic) bond motifs is 1. The average Bonchev–Trinajstić information content (AvgIpc) is 3.10. The van der Waals surface area contributed by atoms with Gasteiger partial charge in [0.05, 0.1) is 21.0 Å². The maximum atomic E-state index is 13.0. The number of thiazole rings is 1. The van der Waals surface area contributed by atoms with E-state index >= 15 is 0 Å². The van der Waals surface area contributed by atoms with Gasteiger partial charge in [-0.15, -0.1) is 0 Å². The lowest BCUT2D eigenvalue weighted by molar-refractivity contribution is -0.122. The SMILES string of the molecule is CCn1c(=NC(=O)C2CCCN(S(=O)(=O)c3ccc(Cl)cc3)C2)sc2cc(C)ccc21. The highest BCUT2D eigenvalue weighted by molar-refractivity contribution is 7.89. The molecular weight excluding hydrogens is 454 g/mol. The summed E-state index contributed by atoms with van der Waals surface area (Å²) in [6, 6.07) is 12.3. The predicted octanol–water partition coefficient (Wildman–Crippen LogP) is 4.21. The van der Waals surface area contributed by atoms with Crippen LogP contribution in [0.5, 0.6) is 0 Å². The summed E-state index contributed by atoms with van der Waals surface area (Å²) in [5, 5.41) is 0.479. The van der Waals surface area contributed by atoms with Crippen LogP contribution in [0.1, 0.15) is 25.3 Å². The summed E-state index contributed by atoms with van der Waals surface area (Å²) in [6.45, 7) is 5.30. The average molecular weight is 478 g/mol. The second-order valence-electron chi connectivity index (χ2n) is 7.71. The third-order valence-electron chi connectivity index (χ3n) is 5.55. The number of rotatable bonds is 4. The molecule has 0 aliphatic carbocycles. The van der Waals surface area contributed by atoms with Gasteiger partial charge in [0.2, 0.25) is 10.0 Å². The number of benzene rings is 2. The number of aryl methyl sites for hydroxylation is 2. The summed E-state index contributed by atoms with van der Waals surface area (Å²) in [7, 11) is -3.68. The highest BCUT2D eigenvalue weighted by atomic mass is 35.5. The molecule has 1 aromatic heterocycles. The number of hydrogen-bond acceptors (Lipinski definition) is 4. The Morgan fingerprint density at radius 2 is 1.97 bits per heavy atom. The van der Waals surface area contributed by atoms with Gasteiger partial charge in [-0.25, -0.2) is 8.42 Å². The Labute approximate surface area is 190 Å². The molecule has 1 unspecified atom stereocenters. The van der Waals surface area contributed by atoms with E-state index in [0.29, 0.717) is 35.8 Å². The topological polar surface area (TPSA) is 71.7 Å². The number of halogens is 1. The van der Waals surface area contributed by atoms with Gasteiger partial charge in [-0.05, 0) is 68.7 Å². The first-order valence-electron chi connectivity index (χ1n) is 10.2. The Morgan fingerprint density at radius 1 is 1.23 bits per heavy atom. The van der Waals surface area contributed by atoms with E-state index in [4.69, 9.17) is 11.6 Å². The molecule has 2 heterocycles. The molecule has 4 rings (SSSR count). The summed E-state index contributed by atoms with van der Waals surface area (Å²) in [5.41, 5.74) is 2.21. The van der Waals surface area contributed by atoms with Crippen molar-refractivity contribution in [3.05, 3.63) is 57.9 Å². The van der Waals surface area contributed by atoms with E-state index in [-0.39, 0.29) is 17.3 Å². The monoisotopic (exact) mass is 477 g/mol. The van der Waals surface area contributed by atoms with Crippen LogP contribution in [0.4, 0.5) is 0 Å². The van der Waals surface area contributed by atoms with Crippen LogP contribution >= 0.6 is 22.9 Å². The molecule has 0 N–H and O–H groups in total. The predicted molar refractivity (Wildman–Crippen MR) is 124 cm³/mol. The van der Waals surface area contributed by atoms with Crippen LogP contribution in [0.2, 0.25) is 5.02 Å². The van der Waals surface area contributed by atoms with Crippen molar-refractivity contribution in [1.29, 1.82) is 0 Å². The second-order valence-corrected chi connectivity index (χ2v) is 11.1. The van der Waals surface area contributed by atoms with Crippen LogP contribution < -0.4 is 4.80 Å². The number of sulfonamides is 1. The van der Waals surface area contributed by atoms with Crippen LogP contribution in [0.25, 0.3) is 10.2 Å². The van der Waals surface area contributed by atoms with Crippen LogP contribution in [-0.2, 0) is 21.4 Å². The van der Waals surface area contributed by atoms with Crippen molar-refractivity contribution in [2.75, 3.05) is 13.1 Å². The molecule has 1 fully saturated rings. The minimum absolute atomic E-state index is 0.142. The lowest BCUT2D eigenvalue weighted by Crippen LogP contribution is -2.42. The van der Waals surface area contributed by atoms with E-state index in [1.54, 1.807) is 12.1 Å². The van der Waals surface area contributed by atoms with Gasteiger partial charge in [0.1, 0.15) is 0 Å². The highest BCUT2D eigenvalue weighted by Crippen LogP contribution is 2.26. The number of piperidine rings is 1. The molecule has 1 aliphatic heterocycles. The lowest BCUT2D eigenvalue weighted by atomic mass is 9.99. The molecule has 9 heteroatoms. The fourth-order valence-corrected chi connectivity index (χ4v) is 6.72. The van der Waals surface area contributed by atoms with Crippen molar-refractivity contribution >= 4 is 49.1 Å². The van der Waals surface area contributed by atoms with Gasteiger partial charge in [0.25, 0.3) is 5.91 Å². The van der Waals surface area contributed by atoms with E-state index in [1.165, 1.54) is 27.8 Å². The maximum absolute atomic E-state index is 13.0. The number of hydrogen-bond donors (Lipinski definition) is 0. The molecule has 2 aromatic carbocycles. The molecule has 1 atom stereocenters. The minimum atomic E-state index is -3.68. The summed E-state index contributed by atoms with van der Waals surface area (Å²) in [5.74, 6) is -0.713. The maximum Gasteiger partial charge on any atom is 0.252 e. The van der Waals surface area contributed by atoms with Gasteiger partial charge >= 0.3 is 0 Å². The van der Waals surface area contributed by atoms with Crippen LogP contribution in [0.15, 0.2) is 52.4 Å². The Hall–Kier alpha value is -2.00. The second kappa shape index (κ2) is 8.86. The van der Waals surface area contributed by atoms with Gasteiger partial charge in [-0.2, -0.15) is 9.30 Å². The summed E-state index contributed by atoms with van der Waals surface area (Å²) in [6.07, 6.45) is 1.25. The Balaban J connectivity index is 1.61. The minimum Gasteiger partial charge on any atom is -0.317 e. The van der Waals surface area contributed by atoms with E-state index in [9.17, 15) is 13.2 Å². The van der Waals surface area contributed by atoms with E-state index in [1.807, 2.05) is 24.5 Å². The van der Waals surface area contributed by atoms with Crippen LogP contribution in [0, 0.1) is 12.8 Å². The number of aromatic nitrogens is 1. The molecule has 3 aromatic rings. The first-order valence-corrected chi connectivity index (χ1v) is 12.9. The first kappa shape index (κ1) is 22.2. The third kappa shape index (κ3) is 4.48. The molecule has 1 amide bonds. The fraction of sp³-hybridized carbons (Fsp3) is 0.364. The normalized spacial score (nSPS) is 18.5. The molecule has 6 nitrogen and oxygen atoms in total. The van der Waals surface area contributed by atoms with Crippen molar-refractivity contribution in [1.82, 2.24) is 8.87 Å². The number of carbonyl (C=O) groups is 1. The third-order valence-corrected chi connectivity index (χ3v) is 8.72. The van der Waals surface area contributed by atoms with E-state index in [0.717, 1.165) is 15.8 Å². The van der Waals surface area contributed by atoms with Gasteiger partial charge in [0, 0.05) is 24.7 Å². The van der Waals surface area contributed by atoms with Gasteiger partial charge in [0.15, 0.2) is 4.80 Å². The summed E-state index contributed by atoms with van der Waals surface area (Å²) in [4.78, 5) is 18.3. The smallest absolute Gasteiger partial charge is 0.252 e. The summed E-state index contributed by atoms with van der Waals surface area (Å²) >= 11 is 7.38. The molecular formula is C22H24ClN3O3S2. The Bertz CT molecular complexity index is 1290. The molecule has 1 aliphatic rings. The lowest BCUT2D eigenvalue weighted by Gasteiger charge is -2.30. The Morgan fingerprint density at radius 3 is 2.68 bits per heavy atom. The van der Waals surface area contributed by atoms with Crippen LogP contribution in [-0.4, -0.2) is 36.3 Å². The molecule has 164 valence electrons. The molecule has 0 spiro atoms. The van der Waals surface area contributed by atoms with E-state index in [2.05, 4.69) is 17.1 Å². The summed E-state index contributed by atoms with van der Waals surface area (Å²) < 4.78 is 30.5. The van der Waals surface area contributed by atoms with Crippen molar-refractivity contribution in [2.45, 2.75) is 38.1 Å². The van der Waals surface area contributed by atoms with Crippen molar-refractivity contribution in [3.8, 4) is 0 Å². The largest absolute Gasteiger partial charge is 0.317 e. The number of amides is 1. The zero-order valence-electron chi connectivity index (χ0n) is 17.4. The molecule has 31 heavy (non-hydrogen) atoms. The number of carbonyl (C=O) groups excluding carboxylic acids is 1. The van der Waals surface area contributed by atoms with Crippen molar-refractivity contribution < 1.29 is 13.2 Å². The van der Waals surface area contributed by atoms with Crippen LogP contribution in [0.3, 0.4) is 0 Å². The fourth-order valence-electron chi connectivity index (χ4n) is 3.87. The van der Waals surface area contributed by atoms with Crippen molar-refractivity contribution in [2.24, 2.45) is 10.9 Å². The quantitative estimate of drug-likeness (QED) is 0.565. The molecule has 0 saturated carbocycles. The van der Waals surface area contributed by atoms with Gasteiger partial charge < -0.3 is 4.57 Å². The molecule has 0 radical (unpaired) electrons. The zero-order valence-corrected chi connectivity index (χ0v) is 19.8.